The van der Waals surface area contributed by atoms with Crippen molar-refractivity contribution >= 4 is 17.0 Å². The van der Waals surface area contributed by atoms with Crippen molar-refractivity contribution in [3.8, 4) is 0 Å². The molecule has 2 heterocycles. The largest absolute Gasteiger partial charge is 0.331 e. The van der Waals surface area contributed by atoms with Crippen LogP contribution in [0.1, 0.15) is 5.56 Å². The van der Waals surface area contributed by atoms with Crippen molar-refractivity contribution in [1.29, 1.82) is 0 Å². The van der Waals surface area contributed by atoms with Crippen LogP contribution in [0.2, 0.25) is 0 Å². The quantitative estimate of drug-likeness (QED) is 0.767. The first-order chi connectivity index (χ1) is 10.9. The number of hydrogen-bond acceptors (Lipinski definition) is 2. The molecule has 3 aromatic rings. The summed E-state index contributed by atoms with van der Waals surface area (Å²) in [5, 5.41) is 0. The van der Waals surface area contributed by atoms with Crippen LogP contribution in [0, 0.1) is 0 Å². The average Bonchev–Trinajstić information content (AvgIpc) is 3.00. The summed E-state index contributed by atoms with van der Waals surface area (Å²) in [6, 6.07) is 19.0. The Morgan fingerprint density at radius 2 is 1.68 bits per heavy atom. The highest BCUT2D eigenvalue weighted by molar-refractivity contribution is 5.77. The first-order valence-electron chi connectivity index (χ1n) is 7.96. The lowest BCUT2D eigenvalue weighted by Gasteiger charge is -2.32. The monoisotopic (exact) mass is 293 g/mol. The highest BCUT2D eigenvalue weighted by Gasteiger charge is 2.22. The zero-order valence-corrected chi connectivity index (χ0v) is 12.6. The summed E-state index contributed by atoms with van der Waals surface area (Å²) >= 11 is 0. The number of fused-ring (bicyclic) bond motifs is 1. The van der Waals surface area contributed by atoms with E-state index in [1.54, 1.807) is 4.90 Å². The maximum absolute atomic E-state index is 4.71. The van der Waals surface area contributed by atoms with Crippen LogP contribution in [0.4, 0.5) is 5.95 Å². The molecule has 4 heteroatoms. The van der Waals surface area contributed by atoms with Gasteiger partial charge in [-0.15, -0.1) is 0 Å². The van der Waals surface area contributed by atoms with Gasteiger partial charge in [-0.05, 0) is 12.1 Å². The molecule has 0 radical (unpaired) electrons. The number of aromatic amines is 1. The molecule has 2 N–H and O–H groups in total. The fourth-order valence-corrected chi connectivity index (χ4v) is 3.19. The summed E-state index contributed by atoms with van der Waals surface area (Å²) in [5.74, 6) is 1.01. The smallest absolute Gasteiger partial charge is 0.204 e. The van der Waals surface area contributed by atoms with E-state index in [0.29, 0.717) is 0 Å². The van der Waals surface area contributed by atoms with Gasteiger partial charge in [0.2, 0.25) is 5.95 Å². The van der Waals surface area contributed by atoms with Gasteiger partial charge < -0.3 is 14.8 Å². The normalized spacial score (nSPS) is 16.3. The lowest BCUT2D eigenvalue weighted by molar-refractivity contribution is -0.914. The number of piperazine rings is 1. The fraction of sp³-hybridized carbons (Fsp3) is 0.278. The summed E-state index contributed by atoms with van der Waals surface area (Å²) < 4.78 is 0. The first kappa shape index (κ1) is 13.3. The highest BCUT2D eigenvalue weighted by atomic mass is 15.3. The van der Waals surface area contributed by atoms with Crippen LogP contribution in [0.25, 0.3) is 11.0 Å². The van der Waals surface area contributed by atoms with E-state index in [1.807, 2.05) is 12.1 Å². The van der Waals surface area contributed by atoms with Crippen molar-refractivity contribution in [2.45, 2.75) is 6.54 Å². The summed E-state index contributed by atoms with van der Waals surface area (Å²) in [7, 11) is 0. The molecule has 0 atom stereocenters. The van der Waals surface area contributed by atoms with Gasteiger partial charge in [-0.3, -0.25) is 0 Å². The number of imidazole rings is 1. The predicted octanol–water partition coefficient (Wildman–Crippen LogP) is 1.47. The molecule has 0 unspecified atom stereocenters. The molecule has 1 aliphatic rings. The molecule has 0 saturated carbocycles. The van der Waals surface area contributed by atoms with Crippen molar-refractivity contribution in [3.63, 3.8) is 0 Å². The Hall–Kier alpha value is -2.33. The van der Waals surface area contributed by atoms with Crippen LogP contribution in [-0.2, 0) is 6.54 Å². The standard InChI is InChI=1S/C18H20N4/c1-2-6-15(7-3-1)14-21-10-12-22(13-11-21)18-19-16-8-4-5-9-17(16)20-18/h1-9H,10-14H2,(H,19,20)/p+1. The SMILES string of the molecule is c1ccc(C[NH+]2CCN(c3nc4ccccc4[nH]3)CC2)cc1. The second kappa shape index (κ2) is 5.81. The average molecular weight is 293 g/mol. The van der Waals surface area contributed by atoms with E-state index in [2.05, 4.69) is 52.3 Å². The Bertz CT molecular complexity index is 709. The molecule has 4 rings (SSSR count). The van der Waals surface area contributed by atoms with Crippen molar-refractivity contribution in [2.75, 3.05) is 31.1 Å². The topological polar surface area (TPSA) is 36.4 Å². The van der Waals surface area contributed by atoms with Gasteiger partial charge >= 0.3 is 0 Å². The third-order valence-electron chi connectivity index (χ3n) is 4.44. The third kappa shape index (κ3) is 2.70. The molecular weight excluding hydrogens is 272 g/mol. The Labute approximate surface area is 130 Å². The van der Waals surface area contributed by atoms with Gasteiger partial charge in [-0.2, -0.15) is 0 Å². The molecule has 1 aliphatic heterocycles. The number of rotatable bonds is 3. The lowest BCUT2D eigenvalue weighted by Crippen LogP contribution is -3.13. The van der Waals surface area contributed by atoms with E-state index < -0.39 is 0 Å². The summed E-state index contributed by atoms with van der Waals surface area (Å²) in [5.41, 5.74) is 3.60. The number of quaternary nitrogens is 1. The van der Waals surface area contributed by atoms with Crippen molar-refractivity contribution in [3.05, 3.63) is 60.2 Å². The van der Waals surface area contributed by atoms with E-state index in [-0.39, 0.29) is 0 Å². The van der Waals surface area contributed by atoms with Crippen molar-refractivity contribution in [1.82, 2.24) is 9.97 Å². The summed E-state index contributed by atoms with van der Waals surface area (Å²) in [4.78, 5) is 12.2. The molecule has 22 heavy (non-hydrogen) atoms. The number of aromatic nitrogens is 2. The van der Waals surface area contributed by atoms with Crippen LogP contribution in [-0.4, -0.2) is 36.1 Å². The minimum absolute atomic E-state index is 1.01. The summed E-state index contributed by atoms with van der Waals surface area (Å²) in [6.07, 6.45) is 0. The van der Waals surface area contributed by atoms with Crippen LogP contribution in [0.15, 0.2) is 54.6 Å². The number of hydrogen-bond donors (Lipinski definition) is 2. The van der Waals surface area contributed by atoms with Crippen LogP contribution in [0.5, 0.6) is 0 Å². The highest BCUT2D eigenvalue weighted by Crippen LogP contribution is 2.16. The Morgan fingerprint density at radius 3 is 2.45 bits per heavy atom. The van der Waals surface area contributed by atoms with Crippen molar-refractivity contribution in [2.24, 2.45) is 0 Å². The van der Waals surface area contributed by atoms with Crippen LogP contribution in [0.3, 0.4) is 0 Å². The van der Waals surface area contributed by atoms with Gasteiger partial charge in [0, 0.05) is 5.56 Å². The number of H-pyrrole nitrogens is 1. The van der Waals surface area contributed by atoms with Gasteiger partial charge in [-0.25, -0.2) is 4.98 Å². The summed E-state index contributed by atoms with van der Waals surface area (Å²) in [6.45, 7) is 5.55. The molecule has 1 fully saturated rings. The molecule has 1 aromatic heterocycles. The third-order valence-corrected chi connectivity index (χ3v) is 4.44. The second-order valence-electron chi connectivity index (χ2n) is 5.98. The zero-order chi connectivity index (χ0) is 14.8. The molecule has 0 amide bonds. The van der Waals surface area contributed by atoms with Gasteiger partial charge in [0.05, 0.1) is 37.2 Å². The Balaban J connectivity index is 1.41. The number of benzene rings is 2. The van der Waals surface area contributed by atoms with E-state index in [4.69, 9.17) is 4.98 Å². The maximum atomic E-state index is 4.71. The van der Waals surface area contributed by atoms with E-state index in [9.17, 15) is 0 Å². The van der Waals surface area contributed by atoms with Gasteiger partial charge in [-0.1, -0.05) is 42.5 Å². The molecule has 2 aromatic carbocycles. The predicted molar refractivity (Wildman–Crippen MR) is 89.1 cm³/mol. The minimum Gasteiger partial charge on any atom is -0.331 e. The van der Waals surface area contributed by atoms with Gasteiger partial charge in [0.25, 0.3) is 0 Å². The molecule has 0 bridgehead atoms. The van der Waals surface area contributed by atoms with Crippen LogP contribution < -0.4 is 9.80 Å². The maximum Gasteiger partial charge on any atom is 0.204 e. The van der Waals surface area contributed by atoms with Gasteiger partial charge in [0.1, 0.15) is 6.54 Å². The second-order valence-corrected chi connectivity index (χ2v) is 5.98. The van der Waals surface area contributed by atoms with E-state index >= 15 is 0 Å². The number of nitrogens with zero attached hydrogens (tertiary/aromatic N) is 2. The van der Waals surface area contributed by atoms with Crippen LogP contribution >= 0.6 is 0 Å². The van der Waals surface area contributed by atoms with E-state index in [1.165, 1.54) is 5.56 Å². The lowest BCUT2D eigenvalue weighted by atomic mass is 10.2. The molecule has 1 saturated heterocycles. The molecule has 0 spiro atoms. The molecule has 0 aliphatic carbocycles. The molecule has 4 nitrogen and oxygen atoms in total. The number of nitrogens with one attached hydrogen (secondary N) is 2. The van der Waals surface area contributed by atoms with E-state index in [0.717, 1.165) is 49.7 Å². The minimum atomic E-state index is 1.01. The number of anilines is 1. The molecular formula is C18H21N4+. The van der Waals surface area contributed by atoms with Gasteiger partial charge in [0.15, 0.2) is 0 Å². The van der Waals surface area contributed by atoms with Crippen molar-refractivity contribution < 1.29 is 4.90 Å². The number of para-hydroxylation sites is 2. The Morgan fingerprint density at radius 1 is 0.955 bits per heavy atom. The first-order valence-corrected chi connectivity index (χ1v) is 7.96. The zero-order valence-electron chi connectivity index (χ0n) is 12.6. The Kier molecular flexibility index (Phi) is 3.52. The fourth-order valence-electron chi connectivity index (χ4n) is 3.19. The molecule has 112 valence electrons.